The molecule has 0 aromatic heterocycles. The second-order valence-electron chi connectivity index (χ2n) is 6.33. The van der Waals surface area contributed by atoms with Crippen molar-refractivity contribution in [2.45, 2.75) is 6.92 Å². The van der Waals surface area contributed by atoms with Crippen molar-refractivity contribution in [1.29, 1.82) is 0 Å². The largest absolute Gasteiger partial charge is 0.497 e. The highest BCUT2D eigenvalue weighted by atomic mass is 32.1. The van der Waals surface area contributed by atoms with Crippen LogP contribution in [0.2, 0.25) is 0 Å². The molecule has 0 unspecified atom stereocenters. The van der Waals surface area contributed by atoms with Gasteiger partial charge >= 0.3 is 0 Å². The monoisotopic (exact) mass is 426 g/mol. The molecule has 2 aliphatic heterocycles. The van der Waals surface area contributed by atoms with Crippen LogP contribution in [0.5, 0.6) is 23.0 Å². The van der Waals surface area contributed by atoms with Crippen LogP contribution < -0.4 is 29.2 Å². The maximum absolute atomic E-state index is 13.2. The molecule has 2 aliphatic rings. The van der Waals surface area contributed by atoms with Gasteiger partial charge in [0.2, 0.25) is 6.79 Å². The fourth-order valence-electron chi connectivity index (χ4n) is 3.11. The minimum absolute atomic E-state index is 0.00281. The average Bonchev–Trinajstić information content (AvgIpc) is 3.19. The predicted octanol–water partition coefficient (Wildman–Crippen LogP) is 2.65. The number of hydrogen-bond donors (Lipinski definition) is 1. The van der Waals surface area contributed by atoms with Gasteiger partial charge in [-0.2, -0.15) is 0 Å². The summed E-state index contributed by atoms with van der Waals surface area (Å²) in [7, 11) is 1.55. The summed E-state index contributed by atoms with van der Waals surface area (Å²) < 4.78 is 21.6. The second kappa shape index (κ2) is 8.03. The fraction of sp³-hybridized carbons (Fsp3) is 0.190. The first-order chi connectivity index (χ1) is 14.5. The third kappa shape index (κ3) is 3.55. The topological polar surface area (TPSA) is 86.3 Å². The molecular formula is C21H18N2O6S. The Hall–Kier alpha value is -3.59. The standard InChI is InChI=1S/C21H18N2O6S/c1-3-27-16-10-18-17(28-11-29-18)9-12(16)8-15-19(24)22-21(30)23(20(15)25)13-4-6-14(26-2)7-5-13/h4-10H,3,11H2,1-2H3,(H,22,24,30)/b15-8-. The van der Waals surface area contributed by atoms with E-state index in [0.717, 1.165) is 0 Å². The summed E-state index contributed by atoms with van der Waals surface area (Å²) in [5.74, 6) is 1.02. The molecule has 0 saturated carbocycles. The van der Waals surface area contributed by atoms with E-state index in [4.69, 9.17) is 31.2 Å². The lowest BCUT2D eigenvalue weighted by atomic mass is 10.1. The molecule has 2 aromatic rings. The van der Waals surface area contributed by atoms with Gasteiger partial charge in [0.25, 0.3) is 11.8 Å². The van der Waals surface area contributed by atoms with Crippen molar-refractivity contribution < 1.29 is 28.5 Å². The Morgan fingerprint density at radius 1 is 1.17 bits per heavy atom. The van der Waals surface area contributed by atoms with E-state index >= 15 is 0 Å². The predicted molar refractivity (Wildman–Crippen MR) is 113 cm³/mol. The Labute approximate surface area is 178 Å². The minimum atomic E-state index is -0.588. The number of carbonyl (C=O) groups is 2. The van der Waals surface area contributed by atoms with Gasteiger partial charge in [-0.3, -0.25) is 19.8 Å². The Balaban J connectivity index is 1.74. The zero-order chi connectivity index (χ0) is 21.3. The van der Waals surface area contributed by atoms with Crippen LogP contribution in [0.15, 0.2) is 42.0 Å². The van der Waals surface area contributed by atoms with Crippen LogP contribution in [-0.4, -0.2) is 37.4 Å². The summed E-state index contributed by atoms with van der Waals surface area (Å²) in [4.78, 5) is 27.0. The Morgan fingerprint density at radius 3 is 2.53 bits per heavy atom. The van der Waals surface area contributed by atoms with E-state index in [1.807, 2.05) is 6.92 Å². The molecule has 1 N–H and O–H groups in total. The molecule has 1 saturated heterocycles. The van der Waals surface area contributed by atoms with Gasteiger partial charge in [-0.25, -0.2) is 0 Å². The maximum atomic E-state index is 13.2. The smallest absolute Gasteiger partial charge is 0.270 e. The Morgan fingerprint density at radius 2 is 1.87 bits per heavy atom. The lowest BCUT2D eigenvalue weighted by Crippen LogP contribution is -2.54. The molecule has 0 radical (unpaired) electrons. The molecule has 154 valence electrons. The van der Waals surface area contributed by atoms with E-state index < -0.39 is 11.8 Å². The second-order valence-corrected chi connectivity index (χ2v) is 6.72. The van der Waals surface area contributed by atoms with Crippen LogP contribution in [0.3, 0.4) is 0 Å². The van der Waals surface area contributed by atoms with Crippen molar-refractivity contribution in [2.75, 3.05) is 25.4 Å². The number of carbonyl (C=O) groups excluding carboxylic acids is 2. The maximum Gasteiger partial charge on any atom is 0.270 e. The molecule has 30 heavy (non-hydrogen) atoms. The molecule has 1 fully saturated rings. The van der Waals surface area contributed by atoms with Crippen molar-refractivity contribution in [3.8, 4) is 23.0 Å². The first-order valence-electron chi connectivity index (χ1n) is 9.13. The van der Waals surface area contributed by atoms with E-state index in [1.54, 1.807) is 43.5 Å². The van der Waals surface area contributed by atoms with Crippen molar-refractivity contribution in [3.05, 3.63) is 47.5 Å². The van der Waals surface area contributed by atoms with Gasteiger partial charge in [-0.1, -0.05) is 0 Å². The molecule has 2 amide bonds. The highest BCUT2D eigenvalue weighted by molar-refractivity contribution is 7.80. The highest BCUT2D eigenvalue weighted by Gasteiger charge is 2.35. The first-order valence-corrected chi connectivity index (χ1v) is 9.54. The quantitative estimate of drug-likeness (QED) is 0.447. The number of benzene rings is 2. The SMILES string of the molecule is CCOc1cc2c(cc1/C=C1/C(=O)NC(=S)N(c3ccc(OC)cc3)C1=O)OCO2. The van der Waals surface area contributed by atoms with E-state index in [0.29, 0.717) is 40.9 Å². The molecule has 9 heteroatoms. The molecule has 0 spiro atoms. The third-order valence-electron chi connectivity index (χ3n) is 4.54. The van der Waals surface area contributed by atoms with Crippen molar-refractivity contribution in [2.24, 2.45) is 0 Å². The van der Waals surface area contributed by atoms with Gasteiger partial charge in [0.15, 0.2) is 16.6 Å². The van der Waals surface area contributed by atoms with E-state index in [1.165, 1.54) is 11.0 Å². The van der Waals surface area contributed by atoms with Gasteiger partial charge in [-0.15, -0.1) is 0 Å². The Bertz CT molecular complexity index is 1060. The third-order valence-corrected chi connectivity index (χ3v) is 4.82. The number of fused-ring (bicyclic) bond motifs is 1. The summed E-state index contributed by atoms with van der Waals surface area (Å²) in [6, 6.07) is 10.1. The number of rotatable bonds is 5. The fourth-order valence-corrected chi connectivity index (χ4v) is 3.39. The van der Waals surface area contributed by atoms with Gasteiger partial charge < -0.3 is 18.9 Å². The molecule has 0 atom stereocenters. The number of amides is 2. The molecule has 2 heterocycles. The minimum Gasteiger partial charge on any atom is -0.497 e. The molecule has 8 nitrogen and oxygen atoms in total. The molecule has 2 aromatic carbocycles. The summed E-state index contributed by atoms with van der Waals surface area (Å²) in [5, 5.41) is 2.57. The number of nitrogens with zero attached hydrogens (tertiary/aromatic N) is 1. The lowest BCUT2D eigenvalue weighted by molar-refractivity contribution is -0.122. The molecule has 0 bridgehead atoms. The number of thiocarbonyl (C=S) groups is 1. The number of methoxy groups -OCH3 is 1. The van der Waals surface area contributed by atoms with Crippen molar-refractivity contribution >= 4 is 40.9 Å². The normalized spacial score (nSPS) is 16.7. The summed E-state index contributed by atoms with van der Waals surface area (Å²) in [6.45, 7) is 2.34. The molecule has 0 aliphatic carbocycles. The number of hydrogen-bond acceptors (Lipinski definition) is 7. The first kappa shape index (κ1) is 19.7. The zero-order valence-corrected chi connectivity index (χ0v) is 17.1. The van der Waals surface area contributed by atoms with Crippen LogP contribution in [0.1, 0.15) is 12.5 Å². The van der Waals surface area contributed by atoms with Gasteiger partial charge in [-0.05, 0) is 55.5 Å². The average molecular weight is 426 g/mol. The number of anilines is 1. The van der Waals surface area contributed by atoms with Gasteiger partial charge in [0.1, 0.15) is 17.1 Å². The van der Waals surface area contributed by atoms with Gasteiger partial charge in [0.05, 0.1) is 19.4 Å². The van der Waals surface area contributed by atoms with Crippen LogP contribution >= 0.6 is 12.2 Å². The Kier molecular flexibility index (Phi) is 5.28. The lowest BCUT2D eigenvalue weighted by Gasteiger charge is -2.29. The zero-order valence-electron chi connectivity index (χ0n) is 16.3. The van der Waals surface area contributed by atoms with Crippen molar-refractivity contribution in [1.82, 2.24) is 5.32 Å². The van der Waals surface area contributed by atoms with E-state index in [9.17, 15) is 9.59 Å². The molecule has 4 rings (SSSR count). The summed E-state index contributed by atoms with van der Waals surface area (Å²) in [5.41, 5.74) is 0.939. The van der Waals surface area contributed by atoms with E-state index in [-0.39, 0.29) is 17.5 Å². The van der Waals surface area contributed by atoms with Crippen LogP contribution in [-0.2, 0) is 9.59 Å². The summed E-state index contributed by atoms with van der Waals surface area (Å²) >= 11 is 5.23. The summed E-state index contributed by atoms with van der Waals surface area (Å²) in [6.07, 6.45) is 1.46. The van der Waals surface area contributed by atoms with Gasteiger partial charge in [0, 0.05) is 11.6 Å². The highest BCUT2D eigenvalue weighted by Crippen LogP contribution is 2.39. The molecular weight excluding hydrogens is 408 g/mol. The van der Waals surface area contributed by atoms with Crippen LogP contribution in [0.25, 0.3) is 6.08 Å². The van der Waals surface area contributed by atoms with E-state index in [2.05, 4.69) is 5.32 Å². The van der Waals surface area contributed by atoms with Crippen molar-refractivity contribution in [3.63, 3.8) is 0 Å². The number of nitrogens with one attached hydrogen (secondary N) is 1. The van der Waals surface area contributed by atoms with Crippen LogP contribution in [0, 0.1) is 0 Å². The van der Waals surface area contributed by atoms with Crippen LogP contribution in [0.4, 0.5) is 5.69 Å². The number of ether oxygens (including phenoxy) is 4.